The van der Waals surface area contributed by atoms with Crippen molar-refractivity contribution < 1.29 is 9.59 Å². The molecule has 2 aliphatic carbocycles. The Morgan fingerprint density at radius 1 is 0.846 bits per heavy atom. The normalized spacial score (nSPS) is 26.5. The van der Waals surface area contributed by atoms with Crippen LogP contribution in [0, 0.1) is 17.8 Å². The Labute approximate surface area is 153 Å². The molecule has 2 aliphatic rings. The number of anilines is 2. The van der Waals surface area contributed by atoms with Gasteiger partial charge in [0.2, 0.25) is 5.91 Å². The topological polar surface area (TPSA) is 84.2 Å². The molecule has 2 fully saturated rings. The Morgan fingerprint density at radius 3 is 2.15 bits per heavy atom. The predicted molar refractivity (Wildman–Crippen MR) is 102 cm³/mol. The fourth-order valence-electron chi connectivity index (χ4n) is 4.38. The van der Waals surface area contributed by atoms with Gasteiger partial charge in [0.25, 0.3) is 5.91 Å². The Hall–Kier alpha value is -2.66. The molecule has 2 aromatic rings. The number of carbonyl (C=O) groups excluding carboxylic acids is 2. The lowest BCUT2D eigenvalue weighted by atomic mass is 9.84. The van der Waals surface area contributed by atoms with E-state index in [4.69, 9.17) is 5.73 Å². The van der Waals surface area contributed by atoms with Crippen LogP contribution in [-0.4, -0.2) is 17.9 Å². The number of amides is 2. The van der Waals surface area contributed by atoms with Crippen LogP contribution in [0.1, 0.15) is 29.6 Å². The summed E-state index contributed by atoms with van der Waals surface area (Å²) < 4.78 is 0. The standard InChI is InChI=1S/C21H23N3O2/c22-19-15-7-6-14(12-15)18(19)21(26)24-17-10-8-13(9-11-17)20(25)23-16-4-2-1-3-5-16/h1-5,8-11,14-15,18-19H,6-7,12,22H2,(H,23,25)(H,24,26). The van der Waals surface area contributed by atoms with Crippen molar-refractivity contribution in [1.82, 2.24) is 0 Å². The molecule has 5 nitrogen and oxygen atoms in total. The van der Waals surface area contributed by atoms with Gasteiger partial charge in [0.05, 0.1) is 5.92 Å². The average Bonchev–Trinajstić information content (AvgIpc) is 3.24. The van der Waals surface area contributed by atoms with Gasteiger partial charge in [-0.05, 0) is 67.5 Å². The molecule has 134 valence electrons. The van der Waals surface area contributed by atoms with Crippen molar-refractivity contribution >= 4 is 23.2 Å². The molecule has 4 unspecified atom stereocenters. The predicted octanol–water partition coefficient (Wildman–Crippen LogP) is 3.25. The highest BCUT2D eigenvalue weighted by atomic mass is 16.2. The maximum absolute atomic E-state index is 12.6. The van der Waals surface area contributed by atoms with E-state index in [0.29, 0.717) is 23.1 Å². The van der Waals surface area contributed by atoms with Crippen LogP contribution in [0.4, 0.5) is 11.4 Å². The van der Waals surface area contributed by atoms with Gasteiger partial charge < -0.3 is 16.4 Å². The van der Waals surface area contributed by atoms with Gasteiger partial charge in [-0.2, -0.15) is 0 Å². The second kappa shape index (κ2) is 6.92. The van der Waals surface area contributed by atoms with Gasteiger partial charge in [0.15, 0.2) is 0 Å². The highest BCUT2D eigenvalue weighted by Gasteiger charge is 2.49. The third-order valence-corrected chi connectivity index (χ3v) is 5.73. The maximum atomic E-state index is 12.6. The van der Waals surface area contributed by atoms with Crippen molar-refractivity contribution in [3.05, 3.63) is 60.2 Å². The van der Waals surface area contributed by atoms with E-state index >= 15 is 0 Å². The van der Waals surface area contributed by atoms with E-state index in [9.17, 15) is 9.59 Å². The van der Waals surface area contributed by atoms with Gasteiger partial charge in [-0.15, -0.1) is 0 Å². The van der Waals surface area contributed by atoms with Crippen molar-refractivity contribution in [3.63, 3.8) is 0 Å². The molecule has 0 heterocycles. The summed E-state index contributed by atoms with van der Waals surface area (Å²) in [5.41, 5.74) is 8.23. The zero-order valence-corrected chi connectivity index (χ0v) is 14.5. The van der Waals surface area contributed by atoms with E-state index in [1.54, 1.807) is 24.3 Å². The molecule has 0 aromatic heterocycles. The molecule has 0 saturated heterocycles. The lowest BCUT2D eigenvalue weighted by Crippen LogP contribution is -2.42. The zero-order chi connectivity index (χ0) is 18.1. The molecule has 2 amide bonds. The van der Waals surface area contributed by atoms with Crippen LogP contribution >= 0.6 is 0 Å². The first-order valence-electron chi connectivity index (χ1n) is 9.15. The number of nitrogens with two attached hydrogens (primary N) is 1. The fourth-order valence-corrected chi connectivity index (χ4v) is 4.38. The number of nitrogens with one attached hydrogen (secondary N) is 2. The minimum Gasteiger partial charge on any atom is -0.327 e. The Kier molecular flexibility index (Phi) is 4.47. The summed E-state index contributed by atoms with van der Waals surface area (Å²) in [6, 6.07) is 16.2. The van der Waals surface area contributed by atoms with E-state index in [0.717, 1.165) is 24.9 Å². The van der Waals surface area contributed by atoms with E-state index in [1.807, 2.05) is 30.3 Å². The zero-order valence-electron chi connectivity index (χ0n) is 14.5. The van der Waals surface area contributed by atoms with E-state index in [2.05, 4.69) is 10.6 Å². The number of hydrogen-bond donors (Lipinski definition) is 3. The highest BCUT2D eigenvalue weighted by Crippen LogP contribution is 2.47. The summed E-state index contributed by atoms with van der Waals surface area (Å²) in [5, 5.41) is 5.81. The van der Waals surface area contributed by atoms with Gasteiger partial charge in [0.1, 0.15) is 0 Å². The molecule has 2 bridgehead atoms. The second-order valence-corrected chi connectivity index (χ2v) is 7.32. The molecular weight excluding hydrogens is 326 g/mol. The molecule has 5 heteroatoms. The van der Waals surface area contributed by atoms with Crippen LogP contribution in [0.15, 0.2) is 54.6 Å². The summed E-state index contributed by atoms with van der Waals surface area (Å²) >= 11 is 0. The molecule has 4 rings (SSSR count). The molecule has 4 N–H and O–H groups in total. The van der Waals surface area contributed by atoms with Gasteiger partial charge in [-0.1, -0.05) is 18.2 Å². The maximum Gasteiger partial charge on any atom is 0.255 e. The number of carbonyl (C=O) groups is 2. The fraction of sp³-hybridized carbons (Fsp3) is 0.333. The number of benzene rings is 2. The van der Waals surface area contributed by atoms with Crippen LogP contribution in [0.2, 0.25) is 0 Å². The summed E-state index contributed by atoms with van der Waals surface area (Å²) in [5.74, 6) is 0.663. The van der Waals surface area contributed by atoms with Gasteiger partial charge in [-0.25, -0.2) is 0 Å². The van der Waals surface area contributed by atoms with Gasteiger partial charge in [-0.3, -0.25) is 9.59 Å². The highest BCUT2D eigenvalue weighted by molar-refractivity contribution is 6.04. The summed E-state index contributed by atoms with van der Waals surface area (Å²) in [4.78, 5) is 24.9. The molecule has 0 spiro atoms. The monoisotopic (exact) mass is 349 g/mol. The number of rotatable bonds is 4. The van der Waals surface area contributed by atoms with Crippen molar-refractivity contribution in [2.75, 3.05) is 10.6 Å². The van der Waals surface area contributed by atoms with E-state index < -0.39 is 0 Å². The van der Waals surface area contributed by atoms with Crippen LogP contribution in [0.5, 0.6) is 0 Å². The average molecular weight is 349 g/mol. The lowest BCUT2D eigenvalue weighted by Gasteiger charge is -2.27. The molecular formula is C21H23N3O2. The molecule has 4 atom stereocenters. The first kappa shape index (κ1) is 16.8. The van der Waals surface area contributed by atoms with Crippen molar-refractivity contribution in [2.24, 2.45) is 23.5 Å². The van der Waals surface area contributed by atoms with E-state index in [1.165, 1.54) is 0 Å². The first-order valence-corrected chi connectivity index (χ1v) is 9.15. The van der Waals surface area contributed by atoms with Gasteiger partial charge >= 0.3 is 0 Å². The van der Waals surface area contributed by atoms with Crippen LogP contribution in [0.25, 0.3) is 0 Å². The van der Waals surface area contributed by atoms with E-state index in [-0.39, 0.29) is 23.8 Å². The van der Waals surface area contributed by atoms with Crippen molar-refractivity contribution in [3.8, 4) is 0 Å². The smallest absolute Gasteiger partial charge is 0.255 e. The molecule has 2 aromatic carbocycles. The second-order valence-electron chi connectivity index (χ2n) is 7.32. The minimum atomic E-state index is -0.177. The lowest BCUT2D eigenvalue weighted by molar-refractivity contribution is -0.121. The quantitative estimate of drug-likeness (QED) is 0.792. The summed E-state index contributed by atoms with van der Waals surface area (Å²) in [7, 11) is 0. The molecule has 0 radical (unpaired) electrons. The largest absolute Gasteiger partial charge is 0.327 e. The van der Waals surface area contributed by atoms with Crippen LogP contribution in [0.3, 0.4) is 0 Å². The Bertz CT molecular complexity index is 802. The summed E-state index contributed by atoms with van der Waals surface area (Å²) in [6.07, 6.45) is 3.34. The SMILES string of the molecule is NC1C2CCC(C2)C1C(=O)Nc1ccc(C(=O)Nc2ccccc2)cc1. The number of para-hydroxylation sites is 1. The molecule has 26 heavy (non-hydrogen) atoms. The third kappa shape index (κ3) is 3.22. The Balaban J connectivity index is 1.38. The third-order valence-electron chi connectivity index (χ3n) is 5.73. The van der Waals surface area contributed by atoms with Crippen molar-refractivity contribution in [1.29, 1.82) is 0 Å². The Morgan fingerprint density at radius 2 is 1.50 bits per heavy atom. The molecule has 2 saturated carbocycles. The minimum absolute atomic E-state index is 0.00573. The van der Waals surface area contributed by atoms with Crippen LogP contribution < -0.4 is 16.4 Å². The molecule has 0 aliphatic heterocycles. The van der Waals surface area contributed by atoms with Crippen molar-refractivity contribution in [2.45, 2.75) is 25.3 Å². The summed E-state index contributed by atoms with van der Waals surface area (Å²) in [6.45, 7) is 0. The van der Waals surface area contributed by atoms with Crippen LogP contribution in [-0.2, 0) is 4.79 Å². The number of hydrogen-bond acceptors (Lipinski definition) is 3. The van der Waals surface area contributed by atoms with Gasteiger partial charge in [0, 0.05) is 23.0 Å². The number of fused-ring (bicyclic) bond motifs is 2. The first-order chi connectivity index (χ1) is 12.6.